The Morgan fingerprint density at radius 2 is 2.29 bits per heavy atom. The van der Waals surface area contributed by atoms with Gasteiger partial charge in [-0.15, -0.1) is 11.3 Å². The SMILES string of the molecule is CNC(Cc1cncs1)c1cc(Cl)cc(Br)c1. The highest BCUT2D eigenvalue weighted by Gasteiger charge is 2.12. The van der Waals surface area contributed by atoms with Crippen molar-refractivity contribution in [1.82, 2.24) is 10.3 Å². The van der Waals surface area contributed by atoms with Gasteiger partial charge in [-0.1, -0.05) is 27.5 Å². The molecule has 1 heterocycles. The van der Waals surface area contributed by atoms with E-state index in [1.54, 1.807) is 11.3 Å². The number of hydrogen-bond acceptors (Lipinski definition) is 3. The zero-order valence-electron chi connectivity index (χ0n) is 9.28. The molecule has 0 radical (unpaired) electrons. The van der Waals surface area contributed by atoms with E-state index in [0.717, 1.165) is 15.9 Å². The number of nitrogens with zero attached hydrogens (tertiary/aromatic N) is 1. The Morgan fingerprint density at radius 3 is 2.88 bits per heavy atom. The van der Waals surface area contributed by atoms with Crippen LogP contribution >= 0.6 is 38.9 Å². The second kappa shape index (κ2) is 5.96. The minimum Gasteiger partial charge on any atom is -0.313 e. The van der Waals surface area contributed by atoms with Gasteiger partial charge in [-0.2, -0.15) is 0 Å². The summed E-state index contributed by atoms with van der Waals surface area (Å²) in [5.41, 5.74) is 3.04. The Kier molecular flexibility index (Phi) is 4.56. The third-order valence-corrected chi connectivity index (χ3v) is 4.00. The first kappa shape index (κ1) is 13.0. The van der Waals surface area contributed by atoms with Gasteiger partial charge < -0.3 is 5.32 Å². The van der Waals surface area contributed by atoms with Crippen LogP contribution in [-0.2, 0) is 6.42 Å². The largest absolute Gasteiger partial charge is 0.313 e. The molecule has 5 heteroatoms. The van der Waals surface area contributed by atoms with Gasteiger partial charge >= 0.3 is 0 Å². The predicted octanol–water partition coefficient (Wildman–Crippen LogP) is 4.06. The van der Waals surface area contributed by atoms with Crippen molar-refractivity contribution in [3.8, 4) is 0 Å². The van der Waals surface area contributed by atoms with Crippen molar-refractivity contribution in [2.45, 2.75) is 12.5 Å². The highest BCUT2D eigenvalue weighted by molar-refractivity contribution is 9.10. The molecule has 2 aromatic rings. The lowest BCUT2D eigenvalue weighted by Crippen LogP contribution is -2.18. The zero-order valence-corrected chi connectivity index (χ0v) is 12.4. The van der Waals surface area contributed by atoms with Crippen LogP contribution in [0.5, 0.6) is 0 Å². The first-order valence-corrected chi connectivity index (χ1v) is 7.24. The molecule has 1 aromatic carbocycles. The van der Waals surface area contributed by atoms with E-state index in [1.165, 1.54) is 10.4 Å². The average molecular weight is 332 g/mol. The van der Waals surface area contributed by atoms with Gasteiger partial charge in [0, 0.05) is 33.0 Å². The van der Waals surface area contributed by atoms with Crippen molar-refractivity contribution in [2.24, 2.45) is 0 Å². The van der Waals surface area contributed by atoms with Crippen LogP contribution in [0.2, 0.25) is 5.02 Å². The Hall–Kier alpha value is -0.420. The second-order valence-corrected chi connectivity index (χ2v) is 6.04. The van der Waals surface area contributed by atoms with Gasteiger partial charge in [-0.05, 0) is 30.8 Å². The monoisotopic (exact) mass is 330 g/mol. The standard InChI is InChI=1S/C12H12BrClN2S/c1-15-12(5-11-6-16-7-17-11)8-2-9(13)4-10(14)3-8/h2-4,6-7,12,15H,5H2,1H3. The summed E-state index contributed by atoms with van der Waals surface area (Å²) in [6.07, 6.45) is 2.84. The Bertz CT molecular complexity index is 467. The van der Waals surface area contributed by atoms with Crippen LogP contribution in [-0.4, -0.2) is 12.0 Å². The molecule has 0 fully saturated rings. The smallest absolute Gasteiger partial charge is 0.0794 e. The number of likely N-dealkylation sites (N-methyl/N-ethyl adjacent to an activating group) is 1. The van der Waals surface area contributed by atoms with Crippen LogP contribution in [0.15, 0.2) is 34.4 Å². The third-order valence-electron chi connectivity index (χ3n) is 2.52. The van der Waals surface area contributed by atoms with E-state index in [9.17, 15) is 0 Å². The van der Waals surface area contributed by atoms with E-state index in [1.807, 2.05) is 30.9 Å². The van der Waals surface area contributed by atoms with Gasteiger partial charge in [-0.25, -0.2) is 0 Å². The van der Waals surface area contributed by atoms with Gasteiger partial charge in [0.1, 0.15) is 0 Å². The third kappa shape index (κ3) is 3.52. The molecule has 2 nitrogen and oxygen atoms in total. The number of hydrogen-bond donors (Lipinski definition) is 1. The van der Waals surface area contributed by atoms with Crippen molar-refractivity contribution < 1.29 is 0 Å². The van der Waals surface area contributed by atoms with Gasteiger partial charge in [0.05, 0.1) is 5.51 Å². The lowest BCUT2D eigenvalue weighted by molar-refractivity contribution is 0.596. The van der Waals surface area contributed by atoms with Crippen LogP contribution in [0.1, 0.15) is 16.5 Å². The van der Waals surface area contributed by atoms with Gasteiger partial charge in [-0.3, -0.25) is 4.98 Å². The minimum atomic E-state index is 0.255. The van der Waals surface area contributed by atoms with Crippen molar-refractivity contribution in [3.63, 3.8) is 0 Å². The minimum absolute atomic E-state index is 0.255. The van der Waals surface area contributed by atoms with Crippen molar-refractivity contribution in [1.29, 1.82) is 0 Å². The normalized spacial score (nSPS) is 12.6. The highest BCUT2D eigenvalue weighted by Crippen LogP contribution is 2.26. The molecule has 1 N–H and O–H groups in total. The summed E-state index contributed by atoms with van der Waals surface area (Å²) in [6, 6.07) is 6.23. The number of nitrogens with one attached hydrogen (secondary N) is 1. The fourth-order valence-corrected chi connectivity index (χ4v) is 3.24. The van der Waals surface area contributed by atoms with E-state index >= 15 is 0 Å². The number of aromatic nitrogens is 1. The molecule has 0 amide bonds. The highest BCUT2D eigenvalue weighted by atomic mass is 79.9. The molecule has 2 rings (SSSR count). The summed E-state index contributed by atoms with van der Waals surface area (Å²) in [5.74, 6) is 0. The van der Waals surface area contributed by atoms with E-state index in [4.69, 9.17) is 11.6 Å². The molecule has 0 aliphatic rings. The molecule has 1 aromatic heterocycles. The first-order valence-electron chi connectivity index (χ1n) is 5.19. The average Bonchev–Trinajstić information content (AvgIpc) is 2.77. The van der Waals surface area contributed by atoms with E-state index in [-0.39, 0.29) is 6.04 Å². The number of thiazole rings is 1. The number of halogens is 2. The fraction of sp³-hybridized carbons (Fsp3) is 0.250. The van der Waals surface area contributed by atoms with Crippen LogP contribution in [0.3, 0.4) is 0 Å². The topological polar surface area (TPSA) is 24.9 Å². The van der Waals surface area contributed by atoms with E-state index in [0.29, 0.717) is 0 Å². The molecular weight excluding hydrogens is 320 g/mol. The molecule has 0 aliphatic carbocycles. The molecule has 0 saturated carbocycles. The Balaban J connectivity index is 2.22. The summed E-state index contributed by atoms with van der Waals surface area (Å²) >= 11 is 11.2. The van der Waals surface area contributed by atoms with Crippen LogP contribution in [0, 0.1) is 0 Å². The maximum absolute atomic E-state index is 6.07. The van der Waals surface area contributed by atoms with E-state index < -0.39 is 0 Å². The summed E-state index contributed by atoms with van der Waals surface area (Å²) in [5, 5.41) is 4.06. The molecule has 1 atom stereocenters. The lowest BCUT2D eigenvalue weighted by atomic mass is 10.0. The quantitative estimate of drug-likeness (QED) is 0.914. The van der Waals surface area contributed by atoms with Crippen molar-refractivity contribution in [3.05, 3.63) is 49.8 Å². The Morgan fingerprint density at radius 1 is 1.47 bits per heavy atom. The molecule has 0 aliphatic heterocycles. The maximum atomic E-state index is 6.07. The maximum Gasteiger partial charge on any atom is 0.0794 e. The van der Waals surface area contributed by atoms with Crippen molar-refractivity contribution >= 4 is 38.9 Å². The second-order valence-electron chi connectivity index (χ2n) is 3.72. The summed E-state index contributed by atoms with van der Waals surface area (Å²) in [4.78, 5) is 5.36. The van der Waals surface area contributed by atoms with Crippen molar-refractivity contribution in [2.75, 3.05) is 7.05 Å². The van der Waals surface area contributed by atoms with Gasteiger partial charge in [0.25, 0.3) is 0 Å². The zero-order chi connectivity index (χ0) is 12.3. The number of rotatable bonds is 4. The van der Waals surface area contributed by atoms with Crippen LogP contribution in [0.4, 0.5) is 0 Å². The van der Waals surface area contributed by atoms with Crippen LogP contribution in [0.25, 0.3) is 0 Å². The van der Waals surface area contributed by atoms with E-state index in [2.05, 4.69) is 32.3 Å². The Labute approximate surface area is 118 Å². The first-order chi connectivity index (χ1) is 8.19. The summed E-state index contributed by atoms with van der Waals surface area (Å²) < 4.78 is 1.00. The summed E-state index contributed by atoms with van der Waals surface area (Å²) in [7, 11) is 1.96. The lowest BCUT2D eigenvalue weighted by Gasteiger charge is -2.16. The molecular formula is C12H12BrClN2S. The molecule has 90 valence electrons. The molecule has 17 heavy (non-hydrogen) atoms. The number of benzene rings is 1. The molecule has 0 spiro atoms. The molecule has 1 unspecified atom stereocenters. The summed E-state index contributed by atoms with van der Waals surface area (Å²) in [6.45, 7) is 0. The molecule has 0 bridgehead atoms. The molecule has 0 saturated heterocycles. The van der Waals surface area contributed by atoms with Crippen LogP contribution < -0.4 is 5.32 Å². The fourth-order valence-electron chi connectivity index (χ4n) is 1.71. The van der Waals surface area contributed by atoms with Gasteiger partial charge in [0.2, 0.25) is 0 Å². The predicted molar refractivity (Wildman–Crippen MR) is 76.8 cm³/mol. The van der Waals surface area contributed by atoms with Gasteiger partial charge in [0.15, 0.2) is 0 Å².